The molecule has 6 heteroatoms. The monoisotopic (exact) mass is 375 g/mol. The van der Waals surface area contributed by atoms with Gasteiger partial charge in [0.2, 0.25) is 0 Å². The van der Waals surface area contributed by atoms with E-state index in [4.69, 9.17) is 9.72 Å². The molecule has 4 rings (SSSR count). The minimum Gasteiger partial charge on any atom is -0.377 e. The summed E-state index contributed by atoms with van der Waals surface area (Å²) in [6.07, 6.45) is 7.89. The van der Waals surface area contributed by atoms with Crippen LogP contribution in [-0.2, 0) is 4.74 Å². The molecular weight excluding hydrogens is 350 g/mol. The lowest BCUT2D eigenvalue weighted by molar-refractivity contribution is 0.0674. The van der Waals surface area contributed by atoms with E-state index < -0.39 is 0 Å². The van der Waals surface area contributed by atoms with Gasteiger partial charge in [0.25, 0.3) is 0 Å². The molecule has 0 spiro atoms. The van der Waals surface area contributed by atoms with Crippen molar-refractivity contribution in [3.63, 3.8) is 0 Å². The number of imidazole rings is 1. The van der Waals surface area contributed by atoms with E-state index in [9.17, 15) is 0 Å². The van der Waals surface area contributed by atoms with Gasteiger partial charge >= 0.3 is 0 Å². The minimum absolute atomic E-state index is 0.231. The van der Waals surface area contributed by atoms with E-state index >= 15 is 0 Å². The van der Waals surface area contributed by atoms with Crippen molar-refractivity contribution in [1.82, 2.24) is 19.4 Å². The fraction of sp³-hybridized carbons (Fsp3) is 0.318. The van der Waals surface area contributed by atoms with Crippen molar-refractivity contribution in [2.75, 3.05) is 19.8 Å². The maximum atomic E-state index is 5.69. The van der Waals surface area contributed by atoms with E-state index in [0.717, 1.165) is 34.7 Å². The molecule has 0 saturated heterocycles. The molecule has 0 amide bonds. The fourth-order valence-corrected chi connectivity index (χ4v) is 3.24. The molecule has 6 nitrogen and oxygen atoms in total. The van der Waals surface area contributed by atoms with Crippen LogP contribution < -0.4 is 0 Å². The van der Waals surface area contributed by atoms with E-state index in [1.165, 1.54) is 5.56 Å². The summed E-state index contributed by atoms with van der Waals surface area (Å²) in [5, 5.41) is 0. The molecule has 2 aromatic heterocycles. The van der Waals surface area contributed by atoms with Crippen LogP contribution in [0.15, 0.2) is 53.9 Å². The third-order valence-electron chi connectivity index (χ3n) is 4.65. The zero-order valence-corrected chi connectivity index (χ0v) is 16.5. The van der Waals surface area contributed by atoms with E-state index in [1.54, 1.807) is 6.20 Å². The largest absolute Gasteiger partial charge is 0.377 e. The summed E-state index contributed by atoms with van der Waals surface area (Å²) in [6.45, 7) is 8.30. The number of allylic oxidation sites excluding steroid dienone is 1. The van der Waals surface area contributed by atoms with Gasteiger partial charge in [0.05, 0.1) is 35.5 Å². The molecule has 0 bridgehead atoms. The van der Waals surface area contributed by atoms with Gasteiger partial charge in [-0.25, -0.2) is 4.98 Å². The van der Waals surface area contributed by atoms with Crippen LogP contribution in [0.1, 0.15) is 25.2 Å². The number of hydrogen-bond donors (Lipinski definition) is 0. The molecule has 0 fully saturated rings. The predicted molar refractivity (Wildman–Crippen MR) is 113 cm³/mol. The van der Waals surface area contributed by atoms with Crippen molar-refractivity contribution < 1.29 is 4.74 Å². The molecule has 144 valence electrons. The van der Waals surface area contributed by atoms with Crippen LogP contribution in [0.25, 0.3) is 22.3 Å². The quantitative estimate of drug-likeness (QED) is 0.657. The maximum absolute atomic E-state index is 5.69. The molecule has 0 radical (unpaired) electrons. The Balaban J connectivity index is 1.73. The summed E-state index contributed by atoms with van der Waals surface area (Å²) >= 11 is 0. The summed E-state index contributed by atoms with van der Waals surface area (Å²) < 4.78 is 7.83. The summed E-state index contributed by atoms with van der Waals surface area (Å²) in [5.74, 6) is 0.866. The summed E-state index contributed by atoms with van der Waals surface area (Å²) in [5.41, 5.74) is 5.16. The molecule has 0 aliphatic carbocycles. The standard InChI is InChI=1S/C22H25N5O/c1-16(2)28-11-10-26-14-18(12-24-15-26)22-25-20-8-9-23-13-21(20)27(22)19-6-4-17(3)5-7-19/h4-9,12-14,16H,10-11,15H2,1-3H3. The first-order valence-corrected chi connectivity index (χ1v) is 9.59. The number of rotatable bonds is 6. The molecule has 0 saturated carbocycles. The van der Waals surface area contributed by atoms with E-state index in [0.29, 0.717) is 13.3 Å². The number of fused-ring (bicyclic) bond motifs is 1. The van der Waals surface area contributed by atoms with E-state index in [-0.39, 0.29) is 6.10 Å². The highest BCUT2D eigenvalue weighted by Gasteiger charge is 2.18. The average Bonchev–Trinajstić information content (AvgIpc) is 3.08. The lowest BCUT2D eigenvalue weighted by Crippen LogP contribution is -2.26. The second-order valence-corrected chi connectivity index (χ2v) is 7.24. The van der Waals surface area contributed by atoms with Crippen LogP contribution >= 0.6 is 0 Å². The molecular formula is C22H25N5O. The fourth-order valence-electron chi connectivity index (χ4n) is 3.24. The molecule has 28 heavy (non-hydrogen) atoms. The molecule has 3 heterocycles. The number of ether oxygens (including phenoxy) is 1. The summed E-state index contributed by atoms with van der Waals surface area (Å²) in [4.78, 5) is 15.9. The first kappa shape index (κ1) is 18.4. The Hall–Kier alpha value is -2.99. The number of nitrogens with zero attached hydrogens (tertiary/aromatic N) is 5. The highest BCUT2D eigenvalue weighted by molar-refractivity contribution is 6.10. The van der Waals surface area contributed by atoms with Gasteiger partial charge in [-0.05, 0) is 39.0 Å². The molecule has 0 unspecified atom stereocenters. The maximum Gasteiger partial charge on any atom is 0.148 e. The molecule has 1 aromatic carbocycles. The number of aryl methyl sites for hydroxylation is 1. The topological polar surface area (TPSA) is 55.5 Å². The zero-order chi connectivity index (χ0) is 19.5. The van der Waals surface area contributed by atoms with Gasteiger partial charge in [-0.2, -0.15) is 0 Å². The van der Waals surface area contributed by atoms with Crippen LogP contribution in [0.2, 0.25) is 0 Å². The Morgan fingerprint density at radius 3 is 2.75 bits per heavy atom. The average molecular weight is 375 g/mol. The number of pyridine rings is 1. The van der Waals surface area contributed by atoms with E-state index in [2.05, 4.69) is 56.8 Å². The van der Waals surface area contributed by atoms with Gasteiger partial charge in [-0.15, -0.1) is 0 Å². The molecule has 3 aromatic rings. The van der Waals surface area contributed by atoms with Gasteiger partial charge in [0.15, 0.2) is 0 Å². The number of aromatic nitrogens is 3. The van der Waals surface area contributed by atoms with Crippen LogP contribution in [0, 0.1) is 6.92 Å². The van der Waals surface area contributed by atoms with Crippen molar-refractivity contribution in [3.8, 4) is 5.69 Å². The van der Waals surface area contributed by atoms with Crippen LogP contribution in [-0.4, -0.2) is 51.6 Å². The second-order valence-electron chi connectivity index (χ2n) is 7.24. The highest BCUT2D eigenvalue weighted by Crippen LogP contribution is 2.26. The Morgan fingerprint density at radius 1 is 1.14 bits per heavy atom. The third kappa shape index (κ3) is 3.82. The van der Waals surface area contributed by atoms with Crippen LogP contribution in [0.5, 0.6) is 0 Å². The van der Waals surface area contributed by atoms with Gasteiger partial charge in [-0.1, -0.05) is 17.7 Å². The van der Waals surface area contributed by atoms with Crippen molar-refractivity contribution in [3.05, 3.63) is 60.3 Å². The van der Waals surface area contributed by atoms with Crippen molar-refractivity contribution in [2.24, 2.45) is 4.99 Å². The first-order valence-electron chi connectivity index (χ1n) is 9.59. The van der Waals surface area contributed by atoms with Crippen molar-refractivity contribution in [1.29, 1.82) is 0 Å². The van der Waals surface area contributed by atoms with Crippen LogP contribution in [0.4, 0.5) is 0 Å². The number of aliphatic imine (C=N–C) groups is 1. The molecule has 1 aliphatic rings. The Bertz CT molecular complexity index is 1020. The Morgan fingerprint density at radius 2 is 1.96 bits per heavy atom. The second kappa shape index (κ2) is 7.94. The minimum atomic E-state index is 0.231. The van der Waals surface area contributed by atoms with Gasteiger partial charge in [-0.3, -0.25) is 14.5 Å². The molecule has 1 aliphatic heterocycles. The highest BCUT2D eigenvalue weighted by atomic mass is 16.5. The summed E-state index contributed by atoms with van der Waals surface area (Å²) in [6, 6.07) is 10.4. The van der Waals surface area contributed by atoms with Gasteiger partial charge in [0, 0.05) is 30.8 Å². The Kier molecular flexibility index (Phi) is 5.21. The van der Waals surface area contributed by atoms with E-state index in [1.807, 2.05) is 32.3 Å². The predicted octanol–water partition coefficient (Wildman–Crippen LogP) is 3.84. The van der Waals surface area contributed by atoms with Crippen molar-refractivity contribution >= 4 is 22.8 Å². The SMILES string of the molecule is Cc1ccc(-n2c(C3=CN(CCOC(C)C)CN=C3)nc3ccncc32)cc1. The molecule has 0 N–H and O–H groups in total. The lowest BCUT2D eigenvalue weighted by Gasteiger charge is -2.23. The smallest absolute Gasteiger partial charge is 0.148 e. The zero-order valence-electron chi connectivity index (χ0n) is 16.5. The Labute approximate surface area is 165 Å². The first-order chi connectivity index (χ1) is 13.6. The summed E-state index contributed by atoms with van der Waals surface area (Å²) in [7, 11) is 0. The van der Waals surface area contributed by atoms with Gasteiger partial charge in [0.1, 0.15) is 12.5 Å². The third-order valence-corrected chi connectivity index (χ3v) is 4.65. The molecule has 0 atom stereocenters. The van der Waals surface area contributed by atoms with Gasteiger partial charge < -0.3 is 9.64 Å². The van der Waals surface area contributed by atoms with Crippen molar-refractivity contribution in [2.45, 2.75) is 26.9 Å². The lowest BCUT2D eigenvalue weighted by atomic mass is 10.2. The van der Waals surface area contributed by atoms with Crippen LogP contribution in [0.3, 0.4) is 0 Å². The number of hydrogen-bond acceptors (Lipinski definition) is 5. The normalized spacial score (nSPS) is 14.1. The number of benzene rings is 1.